The highest BCUT2D eigenvalue weighted by atomic mass is 28.4. The van der Waals surface area contributed by atoms with E-state index in [1.807, 2.05) is 85.9 Å². The third-order valence-electron chi connectivity index (χ3n) is 9.98. The smallest absolute Gasteiger partial charge is 0.269 e. The summed E-state index contributed by atoms with van der Waals surface area (Å²) in [6, 6.07) is 22.5. The summed E-state index contributed by atoms with van der Waals surface area (Å²) in [5.74, 6) is -0.665. The molecule has 0 radical (unpaired) electrons. The van der Waals surface area contributed by atoms with Crippen LogP contribution < -0.4 is 14.5 Å². The van der Waals surface area contributed by atoms with Gasteiger partial charge in [0.2, 0.25) is 8.41 Å². The zero-order valence-corrected chi connectivity index (χ0v) is 27.8. The number of nitrogens with zero attached hydrogens (tertiary/aromatic N) is 5. The molecule has 3 aliphatic heterocycles. The second kappa shape index (κ2) is 11.7. The SMILES string of the molecule is C[C@H]1[C@H]([Si](C)(C)F)[C@@H](CCn2cc(C(CO)c3ccccc3)nn2)O[C@]12C(=O)N(C)c1ccc(N3C(=O)COc4ccccc43)cc12. The standard InChI is InChI=1S/C35H38FN5O5Si/c1-22-33(47(3,4)36)31(16-17-40-19-27(37-38-40)25(20-42)23-10-6-5-7-11-23)46-35(22)26-18-24(14-15-28(26)39(2)34(35)44)41-29-12-8-9-13-30(29)45-21-32(41)43/h5-15,18-19,22,25,31,33,42H,16-17,20-21H2,1-4H3/t22-,25?,31+,33-,35+/m0/s1. The van der Waals surface area contributed by atoms with Crippen molar-refractivity contribution in [2.75, 3.05) is 30.1 Å². The minimum Gasteiger partial charge on any atom is -0.482 e. The molecule has 12 heteroatoms. The minimum atomic E-state index is -3.38. The molecule has 1 saturated heterocycles. The highest BCUT2D eigenvalue weighted by molar-refractivity contribution is 6.72. The van der Waals surface area contributed by atoms with Crippen LogP contribution in [0.25, 0.3) is 0 Å². The molecule has 3 aliphatic rings. The van der Waals surface area contributed by atoms with Crippen molar-refractivity contribution in [1.82, 2.24) is 15.0 Å². The van der Waals surface area contributed by atoms with Crippen molar-refractivity contribution in [3.05, 3.63) is 95.8 Å². The number of aliphatic hydroxyl groups excluding tert-OH is 1. The number of hydrogen-bond acceptors (Lipinski definition) is 7. The zero-order chi connectivity index (χ0) is 33.1. The lowest BCUT2D eigenvalue weighted by atomic mass is 9.82. The maximum atomic E-state index is 16.3. The lowest BCUT2D eigenvalue weighted by Gasteiger charge is -2.32. The molecule has 1 N–H and O–H groups in total. The number of aromatic nitrogens is 3. The molecule has 47 heavy (non-hydrogen) atoms. The van der Waals surface area contributed by atoms with Gasteiger partial charge in [0.15, 0.2) is 12.2 Å². The van der Waals surface area contributed by atoms with Crippen LogP contribution >= 0.6 is 0 Å². The van der Waals surface area contributed by atoms with Gasteiger partial charge < -0.3 is 23.6 Å². The summed E-state index contributed by atoms with van der Waals surface area (Å²) in [5, 5.41) is 18.8. The van der Waals surface area contributed by atoms with E-state index < -0.39 is 31.6 Å². The molecule has 0 bridgehead atoms. The van der Waals surface area contributed by atoms with Gasteiger partial charge in [-0.15, -0.1) is 5.10 Å². The average Bonchev–Trinajstić information content (AvgIpc) is 3.71. The van der Waals surface area contributed by atoms with Crippen LogP contribution in [0.15, 0.2) is 79.0 Å². The Kier molecular flexibility index (Phi) is 7.77. The van der Waals surface area contributed by atoms with Crippen molar-refractivity contribution in [3.8, 4) is 5.75 Å². The molecule has 1 aromatic heterocycles. The maximum Gasteiger partial charge on any atom is 0.269 e. The van der Waals surface area contributed by atoms with E-state index in [0.717, 1.165) is 5.56 Å². The Hall–Kier alpha value is -4.39. The van der Waals surface area contributed by atoms with Crippen LogP contribution in [0.5, 0.6) is 5.75 Å². The molecular formula is C35H38FN5O5Si. The molecule has 4 aromatic rings. The third-order valence-corrected chi connectivity index (χ3v) is 12.4. The van der Waals surface area contributed by atoms with E-state index in [2.05, 4.69) is 10.3 Å². The number of halogens is 1. The van der Waals surface area contributed by atoms with E-state index in [9.17, 15) is 14.7 Å². The van der Waals surface area contributed by atoms with E-state index in [0.29, 0.717) is 47.0 Å². The fraction of sp³-hybridized carbons (Fsp3) is 0.371. The number of likely N-dealkylation sites (N-methyl/N-ethyl adjacent to an activating group) is 1. The Morgan fingerprint density at radius 2 is 1.81 bits per heavy atom. The topological polar surface area (TPSA) is 110 Å². The summed E-state index contributed by atoms with van der Waals surface area (Å²) in [4.78, 5) is 30.6. The van der Waals surface area contributed by atoms with Crippen molar-refractivity contribution in [2.45, 2.75) is 56.1 Å². The highest BCUT2D eigenvalue weighted by Crippen LogP contribution is 2.60. The van der Waals surface area contributed by atoms with Crippen LogP contribution in [-0.2, 0) is 26.5 Å². The zero-order valence-electron chi connectivity index (χ0n) is 26.8. The Morgan fingerprint density at radius 3 is 2.55 bits per heavy atom. The Bertz CT molecular complexity index is 1830. The normalized spacial score (nSPS) is 24.4. The highest BCUT2D eigenvalue weighted by Gasteiger charge is 2.66. The fourth-order valence-corrected chi connectivity index (χ4v) is 10.4. The number of amides is 2. The predicted molar refractivity (Wildman–Crippen MR) is 177 cm³/mol. The van der Waals surface area contributed by atoms with Gasteiger partial charge in [-0.3, -0.25) is 19.2 Å². The maximum absolute atomic E-state index is 16.3. The van der Waals surface area contributed by atoms with Gasteiger partial charge in [-0.1, -0.05) is 54.6 Å². The summed E-state index contributed by atoms with van der Waals surface area (Å²) in [5.41, 5.74) is 2.19. The van der Waals surface area contributed by atoms with Gasteiger partial charge in [-0.25, -0.2) is 0 Å². The Morgan fingerprint density at radius 1 is 1.06 bits per heavy atom. The lowest BCUT2D eigenvalue weighted by molar-refractivity contribution is -0.145. The second-order valence-corrected chi connectivity index (χ2v) is 17.0. The van der Waals surface area contributed by atoms with Crippen molar-refractivity contribution in [3.63, 3.8) is 0 Å². The van der Waals surface area contributed by atoms with Gasteiger partial charge in [0.25, 0.3) is 11.8 Å². The number of aryl methyl sites for hydroxylation is 1. The number of aliphatic hydroxyl groups is 1. The monoisotopic (exact) mass is 655 g/mol. The molecule has 5 atom stereocenters. The first-order chi connectivity index (χ1) is 22.5. The van der Waals surface area contributed by atoms with Crippen LogP contribution in [0, 0.1) is 5.92 Å². The average molecular weight is 656 g/mol. The van der Waals surface area contributed by atoms with Gasteiger partial charge in [0, 0.05) is 42.5 Å². The molecule has 4 heterocycles. The molecule has 1 unspecified atom stereocenters. The van der Waals surface area contributed by atoms with Crippen molar-refractivity contribution >= 4 is 37.3 Å². The van der Waals surface area contributed by atoms with Crippen molar-refractivity contribution in [1.29, 1.82) is 0 Å². The summed E-state index contributed by atoms with van der Waals surface area (Å²) in [6.45, 7) is 5.44. The van der Waals surface area contributed by atoms with E-state index in [1.165, 1.54) is 0 Å². The number of anilines is 3. The molecule has 0 aliphatic carbocycles. The first-order valence-corrected chi connectivity index (χ1v) is 18.9. The number of benzene rings is 3. The van der Waals surface area contributed by atoms with E-state index in [1.54, 1.807) is 34.6 Å². The van der Waals surface area contributed by atoms with Crippen LogP contribution in [0.4, 0.5) is 21.2 Å². The van der Waals surface area contributed by atoms with E-state index in [-0.39, 0.29) is 30.9 Å². The van der Waals surface area contributed by atoms with E-state index >= 15 is 4.11 Å². The molecule has 2 amide bonds. The second-order valence-electron chi connectivity index (χ2n) is 13.2. The third kappa shape index (κ3) is 5.06. The van der Waals surface area contributed by atoms with Crippen LogP contribution in [0.1, 0.15) is 36.1 Å². The largest absolute Gasteiger partial charge is 0.482 e. The number of ether oxygens (including phenoxy) is 2. The molecule has 0 saturated carbocycles. The summed E-state index contributed by atoms with van der Waals surface area (Å²) in [7, 11) is -1.67. The molecule has 1 spiro atoms. The first kappa shape index (κ1) is 31.2. The molecular weight excluding hydrogens is 617 g/mol. The van der Waals surface area contributed by atoms with Crippen LogP contribution in [0.2, 0.25) is 18.6 Å². The summed E-state index contributed by atoms with van der Waals surface area (Å²) < 4.78 is 30.5. The van der Waals surface area contributed by atoms with Gasteiger partial charge in [-0.05, 0) is 55.4 Å². The number of para-hydroxylation sites is 2. The fourth-order valence-electron chi connectivity index (χ4n) is 7.83. The predicted octanol–water partition coefficient (Wildman–Crippen LogP) is 5.30. The molecule has 1 fully saturated rings. The van der Waals surface area contributed by atoms with Gasteiger partial charge >= 0.3 is 0 Å². The number of rotatable bonds is 8. The lowest BCUT2D eigenvalue weighted by Crippen LogP contribution is -2.44. The Labute approximate surface area is 273 Å². The number of carbonyl (C=O) groups excluding carboxylic acids is 2. The quantitative estimate of drug-likeness (QED) is 0.203. The van der Waals surface area contributed by atoms with Crippen LogP contribution in [0.3, 0.4) is 0 Å². The van der Waals surface area contributed by atoms with Crippen LogP contribution in [-0.4, -0.2) is 66.7 Å². The number of hydrogen-bond donors (Lipinski definition) is 1. The molecule has 10 nitrogen and oxygen atoms in total. The van der Waals surface area contributed by atoms with Gasteiger partial charge in [-0.2, -0.15) is 0 Å². The molecule has 244 valence electrons. The van der Waals surface area contributed by atoms with Crippen molar-refractivity contribution < 1.29 is 28.3 Å². The summed E-state index contributed by atoms with van der Waals surface area (Å²) in [6.07, 6.45) is 1.66. The number of fused-ring (bicyclic) bond motifs is 3. The number of carbonyl (C=O) groups is 2. The van der Waals surface area contributed by atoms with E-state index in [4.69, 9.17) is 9.47 Å². The molecule has 3 aromatic carbocycles. The van der Waals surface area contributed by atoms with Gasteiger partial charge in [0.05, 0.1) is 35.7 Å². The molecule has 7 rings (SSSR count). The summed E-state index contributed by atoms with van der Waals surface area (Å²) >= 11 is 0. The Balaban J connectivity index is 1.21. The first-order valence-electron chi connectivity index (χ1n) is 15.9. The minimum absolute atomic E-state index is 0.106. The van der Waals surface area contributed by atoms with Crippen molar-refractivity contribution in [2.24, 2.45) is 5.92 Å². The van der Waals surface area contributed by atoms with Gasteiger partial charge in [0.1, 0.15) is 5.75 Å².